The van der Waals surface area contributed by atoms with Crippen molar-refractivity contribution in [3.05, 3.63) is 35.6 Å². The van der Waals surface area contributed by atoms with E-state index in [4.69, 9.17) is 9.90 Å². The number of halogens is 4. The zero-order valence-corrected chi connectivity index (χ0v) is 17.5. The van der Waals surface area contributed by atoms with E-state index in [0.29, 0.717) is 6.54 Å². The van der Waals surface area contributed by atoms with Gasteiger partial charge in [-0.05, 0) is 49.9 Å². The number of benzene rings is 1. The predicted molar refractivity (Wildman–Crippen MR) is 103 cm³/mol. The fourth-order valence-electron chi connectivity index (χ4n) is 4.19. The Morgan fingerprint density at radius 3 is 2.20 bits per heavy atom. The minimum Gasteiger partial charge on any atom is -0.475 e. The molecule has 0 aliphatic carbocycles. The van der Waals surface area contributed by atoms with Crippen molar-refractivity contribution in [3.63, 3.8) is 0 Å². The normalized spacial score (nSPS) is 23.6. The highest BCUT2D eigenvalue weighted by Gasteiger charge is 2.46. The second-order valence-electron chi connectivity index (χ2n) is 7.76. The lowest BCUT2D eigenvalue weighted by atomic mass is 9.81. The number of alkyl halides is 3. The van der Waals surface area contributed by atoms with E-state index < -0.39 is 22.2 Å². The van der Waals surface area contributed by atoms with Crippen LogP contribution < -0.4 is 0 Å². The van der Waals surface area contributed by atoms with Gasteiger partial charge in [0.25, 0.3) is 0 Å². The van der Waals surface area contributed by atoms with Crippen LogP contribution in [0.5, 0.6) is 0 Å². The molecule has 0 saturated carbocycles. The standard InChI is InChI=1S/C17H25FN2O2S.C2HF3O2/c1-23(21,22)20-12-3-2-9-17(20)10-4-11-19(14-17)13-15-5-7-16(18)8-6-15;3-2(4,5)1(6)7/h5-8H,2-4,9-14H2,1H3;(H,6,7). The lowest BCUT2D eigenvalue weighted by Crippen LogP contribution is -2.61. The van der Waals surface area contributed by atoms with Crippen molar-refractivity contribution >= 4 is 16.0 Å². The van der Waals surface area contributed by atoms with Crippen molar-refractivity contribution < 1.29 is 35.9 Å². The molecule has 6 nitrogen and oxygen atoms in total. The average Bonchev–Trinajstić information content (AvgIpc) is 2.63. The van der Waals surface area contributed by atoms with Crippen LogP contribution >= 0.6 is 0 Å². The van der Waals surface area contributed by atoms with Crippen LogP contribution in [-0.4, -0.2) is 66.3 Å². The molecule has 30 heavy (non-hydrogen) atoms. The van der Waals surface area contributed by atoms with Gasteiger partial charge in [-0.2, -0.15) is 17.5 Å². The Morgan fingerprint density at radius 2 is 1.67 bits per heavy atom. The molecule has 1 atom stereocenters. The summed E-state index contributed by atoms with van der Waals surface area (Å²) < 4.78 is 71.0. The van der Waals surface area contributed by atoms with E-state index in [1.54, 1.807) is 4.31 Å². The molecule has 0 amide bonds. The molecule has 2 saturated heterocycles. The Bertz CT molecular complexity index is 826. The lowest BCUT2D eigenvalue weighted by Gasteiger charge is -2.51. The van der Waals surface area contributed by atoms with Crippen molar-refractivity contribution in [1.29, 1.82) is 0 Å². The lowest BCUT2D eigenvalue weighted by molar-refractivity contribution is -0.192. The fraction of sp³-hybridized carbons (Fsp3) is 0.632. The Hall–Kier alpha value is -1.72. The second kappa shape index (κ2) is 9.61. The third-order valence-electron chi connectivity index (χ3n) is 5.38. The number of carboxylic acid groups (broad SMARTS) is 1. The van der Waals surface area contributed by atoms with E-state index in [2.05, 4.69) is 4.90 Å². The van der Waals surface area contributed by atoms with Gasteiger partial charge in [0.1, 0.15) is 5.82 Å². The molecule has 1 aromatic carbocycles. The van der Waals surface area contributed by atoms with Gasteiger partial charge in [-0.1, -0.05) is 18.6 Å². The molecule has 2 heterocycles. The maximum Gasteiger partial charge on any atom is 0.490 e. The summed E-state index contributed by atoms with van der Waals surface area (Å²) in [6, 6.07) is 6.59. The topological polar surface area (TPSA) is 77.9 Å². The molecule has 1 unspecified atom stereocenters. The van der Waals surface area contributed by atoms with Crippen LogP contribution in [0.3, 0.4) is 0 Å². The Balaban J connectivity index is 0.000000396. The molecule has 1 spiro atoms. The molecule has 1 aromatic rings. The quantitative estimate of drug-likeness (QED) is 0.710. The van der Waals surface area contributed by atoms with Crippen molar-refractivity contribution in [2.24, 2.45) is 0 Å². The molecule has 11 heteroatoms. The van der Waals surface area contributed by atoms with Crippen LogP contribution in [0.4, 0.5) is 17.6 Å². The Kier molecular flexibility index (Phi) is 7.86. The zero-order chi connectivity index (χ0) is 22.6. The molecule has 0 aromatic heterocycles. The molecule has 2 aliphatic heterocycles. The van der Waals surface area contributed by atoms with Gasteiger partial charge in [-0.3, -0.25) is 4.90 Å². The molecule has 0 bridgehead atoms. The predicted octanol–water partition coefficient (Wildman–Crippen LogP) is 3.24. The van der Waals surface area contributed by atoms with Crippen molar-refractivity contribution in [1.82, 2.24) is 9.21 Å². The number of hydrogen-bond donors (Lipinski definition) is 1. The van der Waals surface area contributed by atoms with E-state index in [1.165, 1.54) is 18.4 Å². The summed E-state index contributed by atoms with van der Waals surface area (Å²) in [5, 5.41) is 7.12. The number of nitrogens with zero attached hydrogens (tertiary/aromatic N) is 2. The Labute approximate surface area is 173 Å². The van der Waals surface area contributed by atoms with E-state index in [9.17, 15) is 26.0 Å². The molecule has 2 aliphatic rings. The van der Waals surface area contributed by atoms with E-state index in [-0.39, 0.29) is 11.4 Å². The summed E-state index contributed by atoms with van der Waals surface area (Å²) in [6.45, 7) is 3.14. The second-order valence-corrected chi connectivity index (χ2v) is 9.67. The van der Waals surface area contributed by atoms with Gasteiger partial charge in [-0.15, -0.1) is 0 Å². The first-order valence-electron chi connectivity index (χ1n) is 9.58. The number of carbonyl (C=O) groups is 1. The first-order chi connectivity index (χ1) is 13.8. The summed E-state index contributed by atoms with van der Waals surface area (Å²) in [5.41, 5.74) is 0.828. The first-order valence-corrected chi connectivity index (χ1v) is 11.4. The Morgan fingerprint density at radius 1 is 1.10 bits per heavy atom. The molecule has 2 fully saturated rings. The van der Waals surface area contributed by atoms with Crippen LogP contribution in [0.1, 0.15) is 37.7 Å². The van der Waals surface area contributed by atoms with E-state index in [0.717, 1.165) is 57.3 Å². The SMILES string of the molecule is CS(=O)(=O)N1CCCCC12CCCN(Cc1ccc(F)cc1)C2.O=C(O)C(F)(F)F. The fourth-order valence-corrected chi connectivity index (χ4v) is 5.59. The summed E-state index contributed by atoms with van der Waals surface area (Å²) in [7, 11) is -3.18. The van der Waals surface area contributed by atoms with Crippen LogP contribution in [0, 0.1) is 5.82 Å². The number of aliphatic carboxylic acids is 1. The third-order valence-corrected chi connectivity index (χ3v) is 6.75. The number of rotatable bonds is 3. The van der Waals surface area contributed by atoms with Crippen LogP contribution in [0.25, 0.3) is 0 Å². The highest BCUT2D eigenvalue weighted by Crippen LogP contribution is 2.38. The van der Waals surface area contributed by atoms with E-state index in [1.807, 2.05) is 12.1 Å². The minimum absolute atomic E-state index is 0.223. The van der Waals surface area contributed by atoms with Crippen molar-refractivity contribution in [3.8, 4) is 0 Å². The molecule has 170 valence electrons. The van der Waals surface area contributed by atoms with Crippen LogP contribution in [0.15, 0.2) is 24.3 Å². The summed E-state index contributed by atoms with van der Waals surface area (Å²) in [5.74, 6) is -2.98. The van der Waals surface area contributed by atoms with Gasteiger partial charge in [0, 0.05) is 25.2 Å². The highest BCUT2D eigenvalue weighted by molar-refractivity contribution is 7.88. The monoisotopic (exact) mass is 454 g/mol. The van der Waals surface area contributed by atoms with Crippen molar-refractivity contribution in [2.45, 2.75) is 50.4 Å². The van der Waals surface area contributed by atoms with Gasteiger partial charge in [-0.25, -0.2) is 17.6 Å². The summed E-state index contributed by atoms with van der Waals surface area (Å²) >= 11 is 0. The first kappa shape index (κ1) is 24.5. The average molecular weight is 454 g/mol. The molecular formula is C19H26F4N2O4S. The maximum absolute atomic E-state index is 13.0. The van der Waals surface area contributed by atoms with Crippen molar-refractivity contribution in [2.75, 3.05) is 25.9 Å². The van der Waals surface area contributed by atoms with Gasteiger partial charge in [0.2, 0.25) is 10.0 Å². The van der Waals surface area contributed by atoms with Crippen LogP contribution in [-0.2, 0) is 21.4 Å². The van der Waals surface area contributed by atoms with Gasteiger partial charge < -0.3 is 5.11 Å². The number of sulfonamides is 1. The molecule has 0 radical (unpaired) electrons. The van der Waals surface area contributed by atoms with E-state index >= 15 is 0 Å². The number of piperidine rings is 2. The van der Waals surface area contributed by atoms with Gasteiger partial charge in [0.05, 0.1) is 6.26 Å². The summed E-state index contributed by atoms with van der Waals surface area (Å²) in [4.78, 5) is 11.2. The number of carboxylic acids is 1. The molecule has 1 N–H and O–H groups in total. The minimum atomic E-state index is -5.08. The summed E-state index contributed by atoms with van der Waals surface area (Å²) in [6.07, 6.45) is 1.19. The molecule has 3 rings (SSSR count). The smallest absolute Gasteiger partial charge is 0.475 e. The molecular weight excluding hydrogens is 428 g/mol. The highest BCUT2D eigenvalue weighted by atomic mass is 32.2. The number of likely N-dealkylation sites (tertiary alicyclic amines) is 1. The maximum atomic E-state index is 13.0. The largest absolute Gasteiger partial charge is 0.490 e. The van der Waals surface area contributed by atoms with Gasteiger partial charge >= 0.3 is 12.1 Å². The van der Waals surface area contributed by atoms with Crippen LogP contribution in [0.2, 0.25) is 0 Å². The number of hydrogen-bond acceptors (Lipinski definition) is 4. The third kappa shape index (κ3) is 6.64. The van der Waals surface area contributed by atoms with Gasteiger partial charge in [0.15, 0.2) is 0 Å². The zero-order valence-electron chi connectivity index (χ0n) is 16.7.